The van der Waals surface area contributed by atoms with Crippen LogP contribution in [0.15, 0.2) is 206 Å². The predicted molar refractivity (Wildman–Crippen MR) is 235 cm³/mol. The molecule has 0 saturated heterocycles. The minimum absolute atomic E-state index is 0.647. The zero-order valence-corrected chi connectivity index (χ0v) is 31.1. The largest absolute Gasteiger partial charge is 0.311 e. The Bertz CT molecular complexity index is 2890. The topological polar surface area (TPSA) is 41.9 Å². The average molecular weight is 735 g/mol. The second-order valence-corrected chi connectivity index (χ2v) is 14.7. The molecule has 8 aromatic carbocycles. The van der Waals surface area contributed by atoms with Crippen molar-refractivity contribution in [2.75, 3.05) is 4.90 Å². The first-order chi connectivity index (χ1) is 27.7. The number of fused-ring (bicyclic) bond motifs is 3. The fourth-order valence-corrected chi connectivity index (χ4v) is 8.55. The van der Waals surface area contributed by atoms with E-state index in [2.05, 4.69) is 187 Å². The average Bonchev–Trinajstić information content (AvgIpc) is 3.66. The predicted octanol–water partition coefficient (Wildman–Crippen LogP) is 14.0. The van der Waals surface area contributed by atoms with Gasteiger partial charge in [-0.3, -0.25) is 0 Å². The van der Waals surface area contributed by atoms with Crippen molar-refractivity contribution in [3.8, 4) is 56.4 Å². The Morgan fingerprint density at radius 2 is 0.768 bits per heavy atom. The van der Waals surface area contributed by atoms with E-state index >= 15 is 0 Å². The summed E-state index contributed by atoms with van der Waals surface area (Å²) in [5.41, 5.74) is 10.9. The van der Waals surface area contributed by atoms with E-state index in [1.54, 1.807) is 11.3 Å². The van der Waals surface area contributed by atoms with Gasteiger partial charge in [-0.1, -0.05) is 158 Å². The number of anilines is 3. The first kappa shape index (κ1) is 33.4. The summed E-state index contributed by atoms with van der Waals surface area (Å²) in [6.45, 7) is 0. The minimum Gasteiger partial charge on any atom is -0.311 e. The number of para-hydroxylation sites is 2. The van der Waals surface area contributed by atoms with Gasteiger partial charge in [-0.2, -0.15) is 0 Å². The van der Waals surface area contributed by atoms with Gasteiger partial charge < -0.3 is 4.90 Å². The second kappa shape index (κ2) is 14.6. The van der Waals surface area contributed by atoms with E-state index in [4.69, 9.17) is 15.0 Å². The lowest BCUT2D eigenvalue weighted by molar-refractivity contribution is 1.08. The minimum atomic E-state index is 0.647. The van der Waals surface area contributed by atoms with E-state index in [1.807, 2.05) is 24.3 Å². The van der Waals surface area contributed by atoms with Gasteiger partial charge in [0.15, 0.2) is 17.5 Å². The van der Waals surface area contributed by atoms with E-state index in [9.17, 15) is 0 Å². The van der Waals surface area contributed by atoms with Crippen molar-refractivity contribution in [1.82, 2.24) is 15.0 Å². The van der Waals surface area contributed by atoms with Crippen molar-refractivity contribution in [1.29, 1.82) is 0 Å². The third-order valence-electron chi connectivity index (χ3n) is 10.1. The number of thiophene rings is 1. The number of nitrogens with zero attached hydrogens (tertiary/aromatic N) is 4. The molecule has 0 bridgehead atoms. The first-order valence-electron chi connectivity index (χ1n) is 18.7. The van der Waals surface area contributed by atoms with Crippen LogP contribution >= 0.6 is 11.3 Å². The highest BCUT2D eigenvalue weighted by atomic mass is 32.1. The smallest absolute Gasteiger partial charge is 0.164 e. The van der Waals surface area contributed by atoms with Crippen LogP contribution in [0.4, 0.5) is 17.1 Å². The maximum absolute atomic E-state index is 5.15. The summed E-state index contributed by atoms with van der Waals surface area (Å²) in [4.78, 5) is 17.6. The van der Waals surface area contributed by atoms with Crippen LogP contribution in [-0.4, -0.2) is 15.0 Å². The molecule has 0 aliphatic heterocycles. The van der Waals surface area contributed by atoms with Crippen molar-refractivity contribution in [2.45, 2.75) is 0 Å². The molecule has 56 heavy (non-hydrogen) atoms. The quantitative estimate of drug-likeness (QED) is 0.156. The van der Waals surface area contributed by atoms with Crippen LogP contribution in [0.3, 0.4) is 0 Å². The Balaban J connectivity index is 1.03. The van der Waals surface area contributed by atoms with Crippen molar-refractivity contribution in [3.05, 3.63) is 206 Å². The molecular formula is C51H34N4S. The van der Waals surface area contributed by atoms with Gasteiger partial charge in [0.1, 0.15) is 0 Å². The molecule has 4 nitrogen and oxygen atoms in total. The third-order valence-corrected chi connectivity index (χ3v) is 11.3. The molecule has 10 rings (SSSR count). The molecule has 0 unspecified atom stereocenters. The molecule has 0 amide bonds. The highest BCUT2D eigenvalue weighted by Gasteiger charge is 2.18. The van der Waals surface area contributed by atoms with E-state index in [1.165, 1.54) is 31.5 Å². The standard InChI is InChI=1S/C51H34N4S/c1-5-14-35(15-6-1)36-24-26-39(27-25-36)50-52-49(38-16-7-2-8-17-38)53-51(54-50)45-22-13-23-46-48(45)44-33-30-40(34-47(44)56-46)37-28-31-43(32-29-37)55(41-18-9-3-10-19-41)42-20-11-4-12-21-42/h1-34H. The third kappa shape index (κ3) is 6.40. The Morgan fingerprint density at radius 1 is 0.321 bits per heavy atom. The van der Waals surface area contributed by atoms with E-state index in [0.29, 0.717) is 17.5 Å². The summed E-state index contributed by atoms with van der Waals surface area (Å²) in [5.74, 6) is 1.96. The molecule has 0 radical (unpaired) electrons. The maximum Gasteiger partial charge on any atom is 0.164 e. The number of aromatic nitrogens is 3. The van der Waals surface area contributed by atoms with E-state index < -0.39 is 0 Å². The van der Waals surface area contributed by atoms with Crippen LogP contribution in [0.25, 0.3) is 76.6 Å². The zero-order valence-electron chi connectivity index (χ0n) is 30.3. The zero-order chi connectivity index (χ0) is 37.3. The molecule has 2 heterocycles. The summed E-state index contributed by atoms with van der Waals surface area (Å²) >= 11 is 1.80. The van der Waals surface area contributed by atoms with Gasteiger partial charge in [0.05, 0.1) is 0 Å². The number of rotatable bonds is 8. The highest BCUT2D eigenvalue weighted by molar-refractivity contribution is 7.26. The molecule has 0 fully saturated rings. The van der Waals surface area contributed by atoms with Crippen LogP contribution in [0.2, 0.25) is 0 Å². The van der Waals surface area contributed by atoms with Gasteiger partial charge in [0.25, 0.3) is 0 Å². The van der Waals surface area contributed by atoms with Crippen molar-refractivity contribution < 1.29 is 0 Å². The molecule has 0 spiro atoms. The summed E-state index contributed by atoms with van der Waals surface area (Å²) < 4.78 is 2.42. The molecule has 10 aromatic rings. The highest BCUT2D eigenvalue weighted by Crippen LogP contribution is 2.42. The van der Waals surface area contributed by atoms with Crippen molar-refractivity contribution in [2.24, 2.45) is 0 Å². The maximum atomic E-state index is 5.15. The normalized spacial score (nSPS) is 11.2. The molecule has 0 N–H and O–H groups in total. The summed E-state index contributed by atoms with van der Waals surface area (Å²) in [6, 6.07) is 72.2. The van der Waals surface area contributed by atoms with Crippen LogP contribution < -0.4 is 4.90 Å². The van der Waals surface area contributed by atoms with Crippen LogP contribution in [0, 0.1) is 0 Å². The molecular weight excluding hydrogens is 701 g/mol. The van der Waals surface area contributed by atoms with Gasteiger partial charge >= 0.3 is 0 Å². The van der Waals surface area contributed by atoms with Crippen LogP contribution in [0.1, 0.15) is 0 Å². The molecule has 264 valence electrons. The lowest BCUT2D eigenvalue weighted by Crippen LogP contribution is -2.09. The summed E-state index contributed by atoms with van der Waals surface area (Å²) in [5, 5.41) is 2.35. The molecule has 5 heteroatoms. The Morgan fingerprint density at radius 3 is 1.39 bits per heavy atom. The number of benzene rings is 8. The Kier molecular flexibility index (Phi) is 8.67. The SMILES string of the molecule is c1ccc(-c2ccc(-c3nc(-c4ccccc4)nc(-c4cccc5sc6cc(-c7ccc(N(c8ccccc8)c8ccccc8)cc7)ccc6c45)n3)cc2)cc1. The monoisotopic (exact) mass is 734 g/mol. The number of hydrogen-bond donors (Lipinski definition) is 0. The fraction of sp³-hybridized carbons (Fsp3) is 0. The Hall–Kier alpha value is -7.21. The van der Waals surface area contributed by atoms with Gasteiger partial charge in [-0.05, 0) is 70.8 Å². The van der Waals surface area contributed by atoms with E-state index in [0.717, 1.165) is 44.7 Å². The van der Waals surface area contributed by atoms with Crippen LogP contribution in [-0.2, 0) is 0 Å². The fourth-order valence-electron chi connectivity index (χ4n) is 7.38. The summed E-state index contributed by atoms with van der Waals surface area (Å²) in [6.07, 6.45) is 0. The molecule has 0 saturated carbocycles. The van der Waals surface area contributed by atoms with Gasteiger partial charge in [0.2, 0.25) is 0 Å². The van der Waals surface area contributed by atoms with Crippen molar-refractivity contribution in [3.63, 3.8) is 0 Å². The van der Waals surface area contributed by atoms with Gasteiger partial charge in [-0.25, -0.2) is 15.0 Å². The lowest BCUT2D eigenvalue weighted by atomic mass is 10.0. The lowest BCUT2D eigenvalue weighted by Gasteiger charge is -2.25. The second-order valence-electron chi connectivity index (χ2n) is 13.7. The molecule has 0 atom stereocenters. The van der Waals surface area contributed by atoms with Crippen LogP contribution in [0.5, 0.6) is 0 Å². The van der Waals surface area contributed by atoms with Gasteiger partial charge in [0, 0.05) is 53.9 Å². The molecule has 0 aliphatic carbocycles. The Labute approximate surface area is 329 Å². The van der Waals surface area contributed by atoms with Crippen molar-refractivity contribution >= 4 is 48.6 Å². The first-order valence-corrected chi connectivity index (χ1v) is 19.5. The number of hydrogen-bond acceptors (Lipinski definition) is 5. The summed E-state index contributed by atoms with van der Waals surface area (Å²) in [7, 11) is 0. The molecule has 2 aromatic heterocycles. The van der Waals surface area contributed by atoms with E-state index in [-0.39, 0.29) is 0 Å². The molecule has 0 aliphatic rings. The van der Waals surface area contributed by atoms with Gasteiger partial charge in [-0.15, -0.1) is 11.3 Å².